The average molecular weight is 990 g/mol. The molecule has 70 heavy (non-hydrogen) atoms. The first kappa shape index (κ1) is 51.4. The summed E-state index contributed by atoms with van der Waals surface area (Å²) >= 11 is 0. The summed E-state index contributed by atoms with van der Waals surface area (Å²) in [6.45, 7) is 19.7. The molecule has 4 aromatic heterocycles. The SMILES string of the molecule is CC(C)(C)OC(=O)N1CCN(Cc2ccc3c(c2)cc(-c2cc4ccccc4[nH]c2=O)n3C(=O)OC(C)(C)C)CC1.Cl.Cl.O=c1[nH]c2ccccc2cc1-c1cc2cc(CN3CCNCC3)ccc2[nH]1. The van der Waals surface area contributed by atoms with Crippen LogP contribution < -0.4 is 16.4 Å². The zero-order valence-electron chi connectivity index (χ0n) is 40.5. The number of hydrogen-bond donors (Lipinski definition) is 4. The predicted octanol–water partition coefficient (Wildman–Crippen LogP) is 9.91. The molecule has 2 aliphatic rings. The smallest absolute Gasteiger partial charge is 0.419 e. The minimum Gasteiger partial charge on any atom is -0.444 e. The van der Waals surface area contributed by atoms with Crippen molar-refractivity contribution in [2.24, 2.45) is 0 Å². The van der Waals surface area contributed by atoms with Crippen molar-refractivity contribution in [3.8, 4) is 22.5 Å². The molecule has 0 atom stereocenters. The summed E-state index contributed by atoms with van der Waals surface area (Å²) in [4.78, 5) is 67.5. The van der Waals surface area contributed by atoms with Gasteiger partial charge in [-0.25, -0.2) is 14.2 Å². The molecule has 1 amide bonds. The number of nitrogens with one attached hydrogen (secondary N) is 4. The van der Waals surface area contributed by atoms with E-state index in [-0.39, 0.29) is 42.0 Å². The number of halogens is 2. The quantitative estimate of drug-likeness (QED) is 0.127. The van der Waals surface area contributed by atoms with Crippen molar-refractivity contribution in [2.75, 3.05) is 52.4 Å². The molecule has 6 heterocycles. The molecular weight excluding hydrogens is 928 g/mol. The summed E-state index contributed by atoms with van der Waals surface area (Å²) in [5, 5.41) is 7.27. The summed E-state index contributed by atoms with van der Waals surface area (Å²) in [5.41, 5.74) is 6.53. The summed E-state index contributed by atoms with van der Waals surface area (Å²) < 4.78 is 12.8. The first-order valence-corrected chi connectivity index (χ1v) is 23.4. The second-order valence-corrected chi connectivity index (χ2v) is 19.8. The van der Waals surface area contributed by atoms with E-state index in [0.717, 1.165) is 95.2 Å². The number of H-pyrrole nitrogens is 3. The predicted molar refractivity (Wildman–Crippen MR) is 285 cm³/mol. The normalized spacial score (nSPS) is 14.7. The number of piperazine rings is 2. The molecule has 0 spiro atoms. The molecule has 0 bridgehead atoms. The highest BCUT2D eigenvalue weighted by Crippen LogP contribution is 2.31. The van der Waals surface area contributed by atoms with Crippen LogP contribution in [0, 0.1) is 0 Å². The molecule has 0 unspecified atom stereocenters. The number of hydrogen-bond acceptors (Lipinski definition) is 9. The van der Waals surface area contributed by atoms with E-state index in [0.29, 0.717) is 42.0 Å². The summed E-state index contributed by atoms with van der Waals surface area (Å²) in [5.74, 6) is 0. The van der Waals surface area contributed by atoms with Gasteiger partial charge in [0.05, 0.1) is 28.0 Å². The van der Waals surface area contributed by atoms with Gasteiger partial charge in [-0.1, -0.05) is 48.5 Å². The average Bonchev–Trinajstić information content (AvgIpc) is 3.90. The van der Waals surface area contributed by atoms with E-state index in [1.54, 1.807) is 4.90 Å². The van der Waals surface area contributed by atoms with E-state index in [1.165, 1.54) is 10.1 Å². The number of aromatic nitrogens is 4. The van der Waals surface area contributed by atoms with E-state index < -0.39 is 17.3 Å². The van der Waals surface area contributed by atoms with Crippen LogP contribution >= 0.6 is 24.8 Å². The zero-order chi connectivity index (χ0) is 47.7. The van der Waals surface area contributed by atoms with Crippen molar-refractivity contribution in [3.05, 3.63) is 141 Å². The van der Waals surface area contributed by atoms with Gasteiger partial charge in [0.1, 0.15) is 11.2 Å². The molecule has 0 radical (unpaired) electrons. The molecule has 368 valence electrons. The first-order valence-electron chi connectivity index (χ1n) is 23.4. The van der Waals surface area contributed by atoms with Crippen LogP contribution in [-0.4, -0.2) is 110 Å². The van der Waals surface area contributed by atoms with Crippen LogP contribution in [0.4, 0.5) is 9.59 Å². The number of amides is 1. The van der Waals surface area contributed by atoms with Crippen LogP contribution in [0.25, 0.3) is 66.1 Å². The van der Waals surface area contributed by atoms with E-state index in [1.807, 2.05) is 120 Å². The number of pyridine rings is 2. The number of aromatic amines is 3. The zero-order valence-corrected chi connectivity index (χ0v) is 42.2. The van der Waals surface area contributed by atoms with E-state index >= 15 is 0 Å². The number of carbonyl (C=O) groups excluding carboxylic acids is 2. The molecule has 8 aromatic rings. The van der Waals surface area contributed by atoms with Gasteiger partial charge in [0.2, 0.25) is 0 Å². The Labute approximate surface area is 419 Å². The molecular formula is C54H62Cl2N8O6. The van der Waals surface area contributed by atoms with Crippen molar-refractivity contribution in [1.82, 2.24) is 39.5 Å². The maximum absolute atomic E-state index is 13.5. The summed E-state index contributed by atoms with van der Waals surface area (Å²) in [7, 11) is 0. The van der Waals surface area contributed by atoms with Gasteiger partial charge in [-0.2, -0.15) is 0 Å². The van der Waals surface area contributed by atoms with Crippen LogP contribution in [0.3, 0.4) is 0 Å². The van der Waals surface area contributed by atoms with Crippen LogP contribution in [-0.2, 0) is 22.6 Å². The lowest BCUT2D eigenvalue weighted by molar-refractivity contribution is 0.0138. The molecule has 14 nitrogen and oxygen atoms in total. The maximum atomic E-state index is 13.5. The van der Waals surface area contributed by atoms with Crippen LogP contribution in [0.5, 0.6) is 0 Å². The third-order valence-corrected chi connectivity index (χ3v) is 12.2. The van der Waals surface area contributed by atoms with Gasteiger partial charge in [-0.15, -0.1) is 24.8 Å². The first-order chi connectivity index (χ1) is 32.5. The van der Waals surface area contributed by atoms with Crippen molar-refractivity contribution in [3.63, 3.8) is 0 Å². The third kappa shape index (κ3) is 11.9. The molecule has 4 N–H and O–H groups in total. The fraction of sp³-hybridized carbons (Fsp3) is 0.333. The van der Waals surface area contributed by atoms with Crippen LogP contribution in [0.2, 0.25) is 0 Å². The van der Waals surface area contributed by atoms with Gasteiger partial charge in [0, 0.05) is 92.8 Å². The molecule has 2 fully saturated rings. The largest absolute Gasteiger partial charge is 0.444 e. The second-order valence-electron chi connectivity index (χ2n) is 19.8. The molecule has 0 aliphatic carbocycles. The Hall–Kier alpha value is -6.42. The summed E-state index contributed by atoms with van der Waals surface area (Å²) in [6.07, 6.45) is -0.820. The highest BCUT2D eigenvalue weighted by atomic mass is 35.5. The van der Waals surface area contributed by atoms with Crippen molar-refractivity contribution >= 4 is 80.6 Å². The van der Waals surface area contributed by atoms with Crippen molar-refractivity contribution < 1.29 is 19.1 Å². The van der Waals surface area contributed by atoms with Gasteiger partial charge in [-0.05, 0) is 124 Å². The molecule has 10 rings (SSSR count). The Morgan fingerprint density at radius 3 is 1.66 bits per heavy atom. The van der Waals surface area contributed by atoms with E-state index in [4.69, 9.17) is 9.47 Å². The lowest BCUT2D eigenvalue weighted by atomic mass is 10.1. The third-order valence-electron chi connectivity index (χ3n) is 12.2. The molecule has 16 heteroatoms. The van der Waals surface area contributed by atoms with Gasteiger partial charge in [0.15, 0.2) is 0 Å². The Morgan fingerprint density at radius 2 is 1.04 bits per heavy atom. The minimum atomic E-state index is -0.706. The lowest BCUT2D eigenvalue weighted by Crippen LogP contribution is -2.49. The molecule has 0 saturated carbocycles. The number of carbonyl (C=O) groups is 2. The summed E-state index contributed by atoms with van der Waals surface area (Å²) in [6, 6.07) is 35.6. The van der Waals surface area contributed by atoms with Crippen molar-refractivity contribution in [1.29, 1.82) is 0 Å². The fourth-order valence-corrected chi connectivity index (χ4v) is 8.98. The van der Waals surface area contributed by atoms with Crippen molar-refractivity contribution in [2.45, 2.75) is 65.8 Å². The second kappa shape index (κ2) is 21.3. The van der Waals surface area contributed by atoms with Gasteiger partial charge >= 0.3 is 12.2 Å². The highest BCUT2D eigenvalue weighted by Gasteiger charge is 2.27. The number of ether oxygens (including phenoxy) is 2. The van der Waals surface area contributed by atoms with E-state index in [2.05, 4.69) is 60.4 Å². The van der Waals surface area contributed by atoms with Gasteiger partial charge < -0.3 is 34.6 Å². The molecule has 2 aliphatic heterocycles. The van der Waals surface area contributed by atoms with Gasteiger partial charge in [0.25, 0.3) is 11.1 Å². The van der Waals surface area contributed by atoms with E-state index in [9.17, 15) is 19.2 Å². The lowest BCUT2D eigenvalue weighted by Gasteiger charge is -2.35. The number of fused-ring (bicyclic) bond motifs is 4. The molecule has 4 aromatic carbocycles. The van der Waals surface area contributed by atoms with Gasteiger partial charge in [-0.3, -0.25) is 19.4 Å². The highest BCUT2D eigenvalue weighted by molar-refractivity contribution is 5.97. The fourth-order valence-electron chi connectivity index (χ4n) is 8.98. The monoisotopic (exact) mass is 988 g/mol. The minimum absolute atomic E-state index is 0. The standard InChI is InChI=1S/C32H38N4O5.C22H22N4O.2ClH/c1-31(2,3)40-29(38)35-15-13-34(14-16-35)20-21-11-12-26-23(17-21)19-27(36(26)30(39)41-32(4,5)6)24-18-22-9-7-8-10-25(22)33-28(24)37;27-22-18(12-16-3-1-2-4-19(16)25-22)21-13-17-11-15(5-6-20(17)24-21)14-26-9-7-23-8-10-26;;/h7-12,17-19H,13-16,20H2,1-6H3,(H,33,37);1-6,11-13,23-24H,7-10,14H2,(H,25,27);2*1H. The molecule has 2 saturated heterocycles. The topological polar surface area (TPSA) is 161 Å². The Bertz CT molecular complexity index is 3280. The Morgan fingerprint density at radius 1 is 0.529 bits per heavy atom. The maximum Gasteiger partial charge on any atom is 0.419 e. The Balaban J connectivity index is 0.000000216. The Kier molecular flexibility index (Phi) is 15.6. The van der Waals surface area contributed by atoms with Crippen LogP contribution in [0.15, 0.2) is 119 Å². The van der Waals surface area contributed by atoms with Crippen LogP contribution in [0.1, 0.15) is 52.7 Å². The number of nitrogens with zero attached hydrogens (tertiary/aromatic N) is 4. The number of para-hydroxylation sites is 2. The number of benzene rings is 4. The number of rotatable bonds is 6.